The van der Waals surface area contributed by atoms with Crippen molar-refractivity contribution >= 4 is 7.69 Å². The quantitative estimate of drug-likeness (QED) is 0.595. The van der Waals surface area contributed by atoms with Crippen molar-refractivity contribution in [2.75, 3.05) is 0 Å². The van der Waals surface area contributed by atoms with Crippen LogP contribution in [0.1, 0.15) is 17.5 Å². The fourth-order valence-electron chi connectivity index (χ4n) is 2.44. The first kappa shape index (κ1) is 20.8. The van der Waals surface area contributed by atoms with Crippen molar-refractivity contribution in [3.8, 4) is 6.07 Å². The predicted octanol–water partition coefficient (Wildman–Crippen LogP) is 3.31. The summed E-state index contributed by atoms with van der Waals surface area (Å²) in [7, 11) is 0. The summed E-state index contributed by atoms with van der Waals surface area (Å²) in [5.41, 5.74) is -4.91. The lowest BCUT2D eigenvalue weighted by Gasteiger charge is -2.37. The normalized spacial score (nSPS) is 20.0. The van der Waals surface area contributed by atoms with Gasteiger partial charge in [0.1, 0.15) is 5.41 Å². The summed E-state index contributed by atoms with van der Waals surface area (Å²) in [5, 5.41) is 23.0. The molecule has 25 heavy (non-hydrogen) atoms. The van der Waals surface area contributed by atoms with Gasteiger partial charge in [-0.1, -0.05) is 36.4 Å². The van der Waals surface area contributed by atoms with E-state index in [2.05, 4.69) is 0 Å². The van der Waals surface area contributed by atoms with E-state index in [0.29, 0.717) is 12.2 Å². The Morgan fingerprint density at radius 3 is 2.12 bits per heavy atom. The maximum Gasteiger partial charge on any atom is 0.482 e. The van der Waals surface area contributed by atoms with E-state index in [1.807, 2.05) is 0 Å². The van der Waals surface area contributed by atoms with E-state index >= 15 is 0 Å². The average Bonchev–Trinajstić information content (AvgIpc) is 2.53. The van der Waals surface area contributed by atoms with Crippen molar-refractivity contribution in [3.63, 3.8) is 0 Å². The lowest BCUT2D eigenvalue weighted by atomic mass is 9.70. The van der Waals surface area contributed by atoms with Crippen molar-refractivity contribution in [3.05, 3.63) is 59.2 Å². The molecule has 1 unspecified atom stereocenters. The number of allylic oxidation sites excluding steroid dienone is 4. The van der Waals surface area contributed by atoms with Gasteiger partial charge in [-0.2, -0.15) is 31.6 Å². The van der Waals surface area contributed by atoms with E-state index < -0.39 is 35.3 Å². The highest BCUT2D eigenvalue weighted by atomic mass is 19.4. The topological polar surface area (TPSA) is 64.2 Å². The third kappa shape index (κ3) is 4.43. The highest BCUT2D eigenvalue weighted by molar-refractivity contribution is 6.13. The van der Waals surface area contributed by atoms with E-state index in [9.17, 15) is 26.3 Å². The molecule has 0 heterocycles. The van der Waals surface area contributed by atoms with E-state index in [4.69, 9.17) is 15.3 Å². The van der Waals surface area contributed by atoms with Crippen LogP contribution in [0.2, 0.25) is 0 Å². The monoisotopic (exact) mass is 362 g/mol. The van der Waals surface area contributed by atoms with E-state index in [1.54, 1.807) is 6.07 Å². The molecule has 0 aromatic heterocycles. The highest BCUT2D eigenvalue weighted by Gasteiger charge is 2.58. The number of hydrogen-bond acceptors (Lipinski definition) is 3. The van der Waals surface area contributed by atoms with Crippen LogP contribution in [0, 0.1) is 11.3 Å². The summed E-state index contributed by atoms with van der Waals surface area (Å²) in [6.45, 7) is 0. The van der Waals surface area contributed by atoms with Crippen LogP contribution in [0.15, 0.2) is 48.1 Å². The standard InChI is InChI=1S/C15H9F6N.BH2O2/c16-14(17,18)11-5-3-7-13(8-11,15(19,20)21)12-6-2-1-4-10(12)9-22;2-1-3/h1-7H,8H2;2-3H. The Bertz CT molecular complexity index is 705. The third-order valence-corrected chi connectivity index (χ3v) is 3.55. The zero-order chi connectivity index (χ0) is 19.3. The molecule has 1 atom stereocenters. The van der Waals surface area contributed by atoms with Gasteiger partial charge in [-0.25, -0.2) is 0 Å². The summed E-state index contributed by atoms with van der Waals surface area (Å²) in [5.74, 6) is 0. The Morgan fingerprint density at radius 1 is 1.08 bits per heavy atom. The van der Waals surface area contributed by atoms with Gasteiger partial charge in [0.15, 0.2) is 0 Å². The molecular formula is C15H11BF6NO2. The van der Waals surface area contributed by atoms with Gasteiger partial charge in [-0.15, -0.1) is 0 Å². The van der Waals surface area contributed by atoms with Crippen molar-refractivity contribution in [1.82, 2.24) is 0 Å². The van der Waals surface area contributed by atoms with Crippen molar-refractivity contribution in [2.45, 2.75) is 24.2 Å². The summed E-state index contributed by atoms with van der Waals surface area (Å²) in [6.07, 6.45) is -9.06. The second-order valence-corrected chi connectivity index (χ2v) is 4.97. The average molecular weight is 362 g/mol. The predicted molar refractivity (Wildman–Crippen MR) is 77.0 cm³/mol. The van der Waals surface area contributed by atoms with Crippen molar-refractivity contribution < 1.29 is 36.4 Å². The van der Waals surface area contributed by atoms with Gasteiger partial charge < -0.3 is 10.0 Å². The van der Waals surface area contributed by atoms with E-state index in [-0.39, 0.29) is 13.2 Å². The van der Waals surface area contributed by atoms with Crippen LogP contribution in [0.3, 0.4) is 0 Å². The molecule has 1 radical (unpaired) electrons. The Labute approximate surface area is 139 Å². The molecule has 3 nitrogen and oxygen atoms in total. The molecule has 0 amide bonds. The number of benzene rings is 1. The lowest BCUT2D eigenvalue weighted by molar-refractivity contribution is -0.180. The second kappa shape index (κ2) is 7.76. The molecule has 0 bridgehead atoms. The van der Waals surface area contributed by atoms with Gasteiger partial charge in [-0.05, 0) is 18.1 Å². The number of hydrogen-bond donors (Lipinski definition) is 2. The molecule has 2 N–H and O–H groups in total. The molecule has 0 saturated carbocycles. The van der Waals surface area contributed by atoms with Crippen LogP contribution in [0.5, 0.6) is 0 Å². The highest BCUT2D eigenvalue weighted by Crippen LogP contribution is 2.51. The molecule has 0 spiro atoms. The number of nitrogens with zero attached hydrogens (tertiary/aromatic N) is 1. The van der Waals surface area contributed by atoms with Gasteiger partial charge in [0, 0.05) is 5.57 Å². The fourth-order valence-corrected chi connectivity index (χ4v) is 2.44. The molecule has 0 fully saturated rings. The summed E-state index contributed by atoms with van der Waals surface area (Å²) in [6, 6.07) is 6.43. The Kier molecular flexibility index (Phi) is 6.45. The molecule has 133 valence electrons. The van der Waals surface area contributed by atoms with Crippen molar-refractivity contribution in [2.24, 2.45) is 0 Å². The number of alkyl halides is 6. The Hall–Kier alpha value is -2.25. The van der Waals surface area contributed by atoms with Gasteiger partial charge in [0.25, 0.3) is 0 Å². The molecule has 1 aliphatic rings. The molecular weight excluding hydrogens is 351 g/mol. The number of halogens is 6. The summed E-state index contributed by atoms with van der Waals surface area (Å²) < 4.78 is 79.3. The van der Waals surface area contributed by atoms with Crippen molar-refractivity contribution in [1.29, 1.82) is 5.26 Å². The first-order valence-electron chi connectivity index (χ1n) is 6.65. The van der Waals surface area contributed by atoms with Crippen LogP contribution >= 0.6 is 0 Å². The number of nitriles is 1. The maximum atomic E-state index is 13.6. The SMILES string of the molecule is N#Cc1ccccc1C1(C(F)(F)F)C=CC=C(C(F)(F)F)C1.O[B]O. The smallest absolute Gasteiger partial charge is 0.429 e. The Balaban J connectivity index is 0.000000970. The Morgan fingerprint density at radius 2 is 1.64 bits per heavy atom. The fraction of sp³-hybridized carbons (Fsp3) is 0.267. The lowest BCUT2D eigenvalue weighted by Crippen LogP contribution is -2.43. The molecule has 1 aromatic rings. The largest absolute Gasteiger partial charge is 0.482 e. The zero-order valence-corrected chi connectivity index (χ0v) is 12.4. The first-order valence-corrected chi connectivity index (χ1v) is 6.65. The minimum atomic E-state index is -4.97. The van der Waals surface area contributed by atoms with Gasteiger partial charge in [0.05, 0.1) is 11.6 Å². The van der Waals surface area contributed by atoms with Crippen LogP contribution < -0.4 is 0 Å². The molecule has 0 aliphatic heterocycles. The summed E-state index contributed by atoms with van der Waals surface area (Å²) >= 11 is 0. The molecule has 10 heteroatoms. The van der Waals surface area contributed by atoms with E-state index in [0.717, 1.165) is 18.2 Å². The molecule has 2 rings (SSSR count). The second-order valence-electron chi connectivity index (χ2n) is 4.97. The number of rotatable bonds is 1. The van der Waals surface area contributed by atoms with Crippen LogP contribution in [-0.4, -0.2) is 30.1 Å². The van der Waals surface area contributed by atoms with Crippen LogP contribution in [0.25, 0.3) is 0 Å². The van der Waals surface area contributed by atoms with Crippen LogP contribution in [0.4, 0.5) is 26.3 Å². The molecule has 0 saturated heterocycles. The zero-order valence-electron chi connectivity index (χ0n) is 12.4. The van der Waals surface area contributed by atoms with Gasteiger partial charge in [-0.3, -0.25) is 0 Å². The first-order chi connectivity index (χ1) is 11.5. The minimum absolute atomic E-state index is 0. The molecule has 1 aromatic carbocycles. The van der Waals surface area contributed by atoms with Gasteiger partial charge >= 0.3 is 20.0 Å². The van der Waals surface area contributed by atoms with E-state index in [1.165, 1.54) is 12.1 Å². The minimum Gasteiger partial charge on any atom is -0.429 e. The summed E-state index contributed by atoms with van der Waals surface area (Å²) in [4.78, 5) is 0. The third-order valence-electron chi connectivity index (χ3n) is 3.55. The van der Waals surface area contributed by atoms with Crippen LogP contribution in [-0.2, 0) is 5.41 Å². The maximum absolute atomic E-state index is 13.6. The molecule has 1 aliphatic carbocycles. The van der Waals surface area contributed by atoms with Gasteiger partial charge in [0.2, 0.25) is 0 Å².